The van der Waals surface area contributed by atoms with E-state index in [0.717, 1.165) is 17.1 Å². The molecule has 2 heterocycles. The first kappa shape index (κ1) is 24.6. The molecule has 0 aliphatic rings. The minimum atomic E-state index is -3.05. The molecule has 1 N–H and O–H groups in total. The molecule has 0 saturated carbocycles. The topological polar surface area (TPSA) is 123 Å². The molecular formula is C19H26ClN5O5S. The van der Waals surface area contributed by atoms with Gasteiger partial charge < -0.3 is 9.30 Å². The maximum absolute atomic E-state index is 12.6. The molecule has 0 bridgehead atoms. The van der Waals surface area contributed by atoms with Gasteiger partial charge in [0.1, 0.15) is 11.5 Å². The van der Waals surface area contributed by atoms with Gasteiger partial charge in [0.15, 0.2) is 0 Å². The van der Waals surface area contributed by atoms with Crippen molar-refractivity contribution in [3.63, 3.8) is 0 Å². The fraction of sp³-hybridized carbons (Fsp3) is 0.474. The number of amides is 2. The van der Waals surface area contributed by atoms with Crippen LogP contribution in [0, 0.1) is 6.92 Å². The maximum Gasteiger partial charge on any atom is 0.411 e. The number of ether oxygens (including phenoxy) is 1. The molecule has 12 heteroatoms. The maximum atomic E-state index is 12.6. The highest BCUT2D eigenvalue weighted by Crippen LogP contribution is 2.20. The van der Waals surface area contributed by atoms with Crippen LogP contribution in [0.25, 0.3) is 0 Å². The first-order valence-corrected chi connectivity index (χ1v) is 11.4. The number of rotatable bonds is 10. The highest BCUT2D eigenvalue weighted by Gasteiger charge is 2.21. The molecule has 0 radical (unpaired) electrons. The van der Waals surface area contributed by atoms with Gasteiger partial charge in [0, 0.05) is 12.7 Å². The number of unbranched alkanes of at least 4 members (excludes halogenated alkanes) is 2. The number of halogens is 1. The molecule has 0 unspecified atom stereocenters. The van der Waals surface area contributed by atoms with Crippen molar-refractivity contribution >= 4 is 40.2 Å². The van der Waals surface area contributed by atoms with Gasteiger partial charge in [-0.1, -0.05) is 31.4 Å². The van der Waals surface area contributed by atoms with Gasteiger partial charge in [0.2, 0.25) is 10.9 Å². The molecule has 0 saturated heterocycles. The first-order valence-electron chi connectivity index (χ1n) is 9.84. The van der Waals surface area contributed by atoms with Gasteiger partial charge in [0.05, 0.1) is 35.8 Å². The molecule has 0 fully saturated rings. The van der Waals surface area contributed by atoms with Crippen LogP contribution in [-0.4, -0.2) is 52.4 Å². The Labute approximate surface area is 187 Å². The molecule has 2 rings (SSSR count). The smallest absolute Gasteiger partial charge is 0.411 e. The zero-order valence-electron chi connectivity index (χ0n) is 17.6. The number of aryl methyl sites for hydroxylation is 1. The van der Waals surface area contributed by atoms with Crippen LogP contribution in [-0.2, 0) is 22.2 Å². The summed E-state index contributed by atoms with van der Waals surface area (Å²) < 4.78 is 30.3. The van der Waals surface area contributed by atoms with Crippen molar-refractivity contribution in [1.29, 1.82) is 0 Å². The van der Waals surface area contributed by atoms with Crippen molar-refractivity contribution in [1.82, 2.24) is 18.8 Å². The van der Waals surface area contributed by atoms with Crippen LogP contribution < -0.4 is 5.32 Å². The Bertz CT molecular complexity index is 1000. The number of carbonyl (C=O) groups excluding carboxylic acids is 2. The molecule has 2 aromatic heterocycles. The van der Waals surface area contributed by atoms with Crippen LogP contribution in [0.3, 0.4) is 0 Å². The van der Waals surface area contributed by atoms with Crippen molar-refractivity contribution in [2.24, 2.45) is 0 Å². The predicted octanol–water partition coefficient (Wildman–Crippen LogP) is 3.02. The second-order valence-corrected chi connectivity index (χ2v) is 8.04. The van der Waals surface area contributed by atoms with E-state index in [1.807, 2.05) is 6.92 Å². The van der Waals surface area contributed by atoms with Gasteiger partial charge >= 0.3 is 6.09 Å². The summed E-state index contributed by atoms with van der Waals surface area (Å²) in [6.45, 7) is 5.96. The van der Waals surface area contributed by atoms with E-state index in [2.05, 4.69) is 15.3 Å². The third-order valence-electron chi connectivity index (χ3n) is 4.36. The number of hydrogen-bond acceptors (Lipinski definition) is 7. The number of imidazole rings is 1. The zero-order chi connectivity index (χ0) is 23.0. The largest absolute Gasteiger partial charge is 0.450 e. The van der Waals surface area contributed by atoms with E-state index >= 15 is 0 Å². The van der Waals surface area contributed by atoms with Crippen LogP contribution in [0.15, 0.2) is 18.5 Å². The molecule has 0 aliphatic heterocycles. The number of aromatic nitrogens is 3. The lowest BCUT2D eigenvalue weighted by atomic mass is 10.2. The summed E-state index contributed by atoms with van der Waals surface area (Å²) >= 11 is 6.28. The van der Waals surface area contributed by atoms with Crippen molar-refractivity contribution in [2.45, 2.75) is 46.6 Å². The Hall–Kier alpha value is -2.66. The minimum absolute atomic E-state index is 0.0323. The zero-order valence-corrected chi connectivity index (χ0v) is 19.3. The number of thiol groups is 1. The Balaban J connectivity index is 2.15. The lowest BCUT2D eigenvalue weighted by Gasteiger charge is -2.13. The number of nitrogens with zero attached hydrogens (tertiary/aromatic N) is 4. The van der Waals surface area contributed by atoms with Crippen LogP contribution in [0.5, 0.6) is 0 Å². The van der Waals surface area contributed by atoms with Gasteiger partial charge in [0.25, 0.3) is 5.91 Å². The van der Waals surface area contributed by atoms with Gasteiger partial charge in [-0.05, 0) is 26.3 Å². The molecule has 31 heavy (non-hydrogen) atoms. The second kappa shape index (κ2) is 11.7. The SMILES string of the molecule is CCCCCN(C(=O)c1cn(Cc2ncc(NC(=O)OCC)cc2Cl)c(C)n1)[SH](=O)=O. The van der Waals surface area contributed by atoms with Crippen molar-refractivity contribution < 1.29 is 22.7 Å². The van der Waals surface area contributed by atoms with E-state index in [-0.39, 0.29) is 25.4 Å². The van der Waals surface area contributed by atoms with E-state index in [4.69, 9.17) is 16.3 Å². The summed E-state index contributed by atoms with van der Waals surface area (Å²) in [5.41, 5.74) is 0.905. The minimum Gasteiger partial charge on any atom is -0.450 e. The lowest BCUT2D eigenvalue weighted by molar-refractivity contribution is 0.0858. The third kappa shape index (κ3) is 6.93. The monoisotopic (exact) mass is 471 g/mol. The van der Waals surface area contributed by atoms with Gasteiger partial charge in [-0.2, -0.15) is 0 Å². The van der Waals surface area contributed by atoms with E-state index in [1.54, 1.807) is 18.4 Å². The van der Waals surface area contributed by atoms with Crippen molar-refractivity contribution in [2.75, 3.05) is 18.5 Å². The molecule has 10 nitrogen and oxygen atoms in total. The summed E-state index contributed by atoms with van der Waals surface area (Å²) in [6.07, 6.45) is 4.64. The van der Waals surface area contributed by atoms with Crippen molar-refractivity contribution in [3.8, 4) is 0 Å². The molecule has 0 aromatic carbocycles. The van der Waals surface area contributed by atoms with E-state index in [0.29, 0.717) is 28.6 Å². The highest BCUT2D eigenvalue weighted by atomic mass is 35.5. The van der Waals surface area contributed by atoms with Gasteiger partial charge in [-0.25, -0.2) is 22.5 Å². The quantitative estimate of drug-likeness (QED) is 0.403. The van der Waals surface area contributed by atoms with E-state index in [9.17, 15) is 18.0 Å². The predicted molar refractivity (Wildman–Crippen MR) is 117 cm³/mol. The van der Waals surface area contributed by atoms with Crippen LogP contribution in [0.1, 0.15) is 55.1 Å². The molecule has 0 atom stereocenters. The average molecular weight is 472 g/mol. The summed E-state index contributed by atoms with van der Waals surface area (Å²) in [7, 11) is -3.05. The fourth-order valence-corrected chi connectivity index (χ4v) is 3.55. The number of hydrogen-bond donors (Lipinski definition) is 2. The third-order valence-corrected chi connectivity index (χ3v) is 5.46. The normalized spacial score (nSPS) is 10.9. The second-order valence-electron chi connectivity index (χ2n) is 6.67. The number of carbonyl (C=O) groups is 2. The molecule has 170 valence electrons. The Morgan fingerprint density at radius 2 is 2.03 bits per heavy atom. The van der Waals surface area contributed by atoms with Crippen LogP contribution in [0.2, 0.25) is 5.02 Å². The van der Waals surface area contributed by atoms with E-state index < -0.39 is 22.9 Å². The van der Waals surface area contributed by atoms with Crippen molar-refractivity contribution in [3.05, 3.63) is 40.7 Å². The van der Waals surface area contributed by atoms with Gasteiger partial charge in [-0.3, -0.25) is 15.1 Å². The summed E-state index contributed by atoms with van der Waals surface area (Å²) in [4.78, 5) is 32.6. The summed E-state index contributed by atoms with van der Waals surface area (Å²) in [6, 6.07) is 1.54. The molecule has 2 aromatic rings. The molecule has 0 aliphatic carbocycles. The Morgan fingerprint density at radius 3 is 2.65 bits per heavy atom. The number of anilines is 1. The Kier molecular flexibility index (Phi) is 9.25. The summed E-state index contributed by atoms with van der Waals surface area (Å²) in [5.74, 6) is -0.160. The van der Waals surface area contributed by atoms with E-state index in [1.165, 1.54) is 18.5 Å². The number of pyridine rings is 1. The summed E-state index contributed by atoms with van der Waals surface area (Å²) in [5, 5.41) is 2.82. The number of nitrogens with one attached hydrogen (secondary N) is 1. The van der Waals surface area contributed by atoms with Crippen LogP contribution in [0.4, 0.5) is 10.5 Å². The Morgan fingerprint density at radius 1 is 1.29 bits per heavy atom. The molecule has 0 spiro atoms. The standard InChI is InChI=1S/C19H26ClN5O5S/c1-4-6-7-8-25(31(28)29)18(26)17-12-24(13(3)22-17)11-16-15(20)9-14(10-21-16)23-19(27)30-5-2/h9-10,12,31H,4-8,11H2,1-3H3,(H,23,27). The highest BCUT2D eigenvalue weighted by molar-refractivity contribution is 7.70. The van der Waals surface area contributed by atoms with Gasteiger partial charge in [-0.15, -0.1) is 0 Å². The van der Waals surface area contributed by atoms with Crippen LogP contribution >= 0.6 is 11.6 Å². The average Bonchev–Trinajstić information content (AvgIpc) is 3.07. The molecular weight excluding hydrogens is 446 g/mol. The first-order chi connectivity index (χ1) is 14.8. The molecule has 2 amide bonds. The fourth-order valence-electron chi connectivity index (χ4n) is 2.77. The lowest BCUT2D eigenvalue weighted by Crippen LogP contribution is -2.30.